The van der Waals surface area contributed by atoms with Crippen LogP contribution < -0.4 is 10.6 Å². The van der Waals surface area contributed by atoms with Gasteiger partial charge in [-0.1, -0.05) is 0 Å². The SMILES string of the molecule is N#Cc1cc(F)ccc1N1CC(N)C1. The van der Waals surface area contributed by atoms with Gasteiger partial charge in [-0.05, 0) is 18.2 Å². The fourth-order valence-corrected chi connectivity index (χ4v) is 1.58. The van der Waals surface area contributed by atoms with Crippen molar-refractivity contribution in [1.29, 1.82) is 5.26 Å². The van der Waals surface area contributed by atoms with Crippen LogP contribution in [0.5, 0.6) is 0 Å². The Labute approximate surface area is 81.5 Å². The van der Waals surface area contributed by atoms with Crippen molar-refractivity contribution in [3.63, 3.8) is 0 Å². The second kappa shape index (κ2) is 3.28. The molecule has 3 nitrogen and oxygen atoms in total. The zero-order valence-corrected chi connectivity index (χ0v) is 7.57. The summed E-state index contributed by atoms with van der Waals surface area (Å²) < 4.78 is 12.8. The summed E-state index contributed by atoms with van der Waals surface area (Å²) in [6, 6.07) is 6.39. The second-order valence-corrected chi connectivity index (χ2v) is 3.44. The van der Waals surface area contributed by atoms with E-state index in [0.29, 0.717) is 5.56 Å². The van der Waals surface area contributed by atoms with Crippen molar-refractivity contribution >= 4 is 5.69 Å². The minimum Gasteiger partial charge on any atom is -0.367 e. The lowest BCUT2D eigenvalue weighted by Gasteiger charge is -2.39. The Hall–Kier alpha value is -1.60. The van der Waals surface area contributed by atoms with Crippen LogP contribution >= 0.6 is 0 Å². The van der Waals surface area contributed by atoms with Crippen molar-refractivity contribution in [1.82, 2.24) is 0 Å². The first kappa shape index (κ1) is 8.97. The van der Waals surface area contributed by atoms with Gasteiger partial charge in [0, 0.05) is 19.1 Å². The van der Waals surface area contributed by atoms with E-state index in [-0.39, 0.29) is 11.9 Å². The number of rotatable bonds is 1. The fraction of sp³-hybridized carbons (Fsp3) is 0.300. The number of halogens is 1. The van der Waals surface area contributed by atoms with Crippen LogP contribution in [0.15, 0.2) is 18.2 Å². The van der Waals surface area contributed by atoms with Gasteiger partial charge < -0.3 is 10.6 Å². The van der Waals surface area contributed by atoms with Gasteiger partial charge in [-0.25, -0.2) is 4.39 Å². The third-order valence-corrected chi connectivity index (χ3v) is 2.33. The van der Waals surface area contributed by atoms with E-state index in [0.717, 1.165) is 18.8 Å². The summed E-state index contributed by atoms with van der Waals surface area (Å²) >= 11 is 0. The van der Waals surface area contributed by atoms with Crippen molar-refractivity contribution in [2.24, 2.45) is 5.73 Å². The van der Waals surface area contributed by atoms with Gasteiger partial charge in [-0.3, -0.25) is 0 Å². The van der Waals surface area contributed by atoms with E-state index in [4.69, 9.17) is 11.0 Å². The molecule has 1 heterocycles. The molecule has 1 fully saturated rings. The van der Waals surface area contributed by atoms with Crippen LogP contribution in [0.3, 0.4) is 0 Å². The standard InChI is InChI=1S/C10H10FN3/c11-8-1-2-10(7(3-8)4-12)14-5-9(13)6-14/h1-3,9H,5-6,13H2. The second-order valence-electron chi connectivity index (χ2n) is 3.44. The molecule has 0 saturated carbocycles. The Bertz CT molecular complexity index is 391. The van der Waals surface area contributed by atoms with Gasteiger partial charge in [0.1, 0.15) is 11.9 Å². The van der Waals surface area contributed by atoms with Crippen LogP contribution in [0.2, 0.25) is 0 Å². The quantitative estimate of drug-likeness (QED) is 0.715. The zero-order valence-electron chi connectivity index (χ0n) is 7.57. The van der Waals surface area contributed by atoms with Crippen LogP contribution in [0, 0.1) is 17.1 Å². The molecule has 72 valence electrons. The molecule has 14 heavy (non-hydrogen) atoms. The van der Waals surface area contributed by atoms with Gasteiger partial charge in [0.2, 0.25) is 0 Å². The lowest BCUT2D eigenvalue weighted by Crippen LogP contribution is -2.56. The molecule has 1 aromatic carbocycles. The third kappa shape index (κ3) is 1.42. The van der Waals surface area contributed by atoms with Crippen molar-refractivity contribution < 1.29 is 4.39 Å². The first-order valence-corrected chi connectivity index (χ1v) is 4.41. The molecule has 1 saturated heterocycles. The molecule has 0 amide bonds. The van der Waals surface area contributed by atoms with Crippen LogP contribution in [0.4, 0.5) is 10.1 Å². The van der Waals surface area contributed by atoms with Crippen LogP contribution in [0.1, 0.15) is 5.56 Å². The summed E-state index contributed by atoms with van der Waals surface area (Å²) in [6.07, 6.45) is 0. The first-order chi connectivity index (χ1) is 6.70. The predicted molar refractivity (Wildman–Crippen MR) is 51.3 cm³/mol. The molecule has 0 bridgehead atoms. The third-order valence-electron chi connectivity index (χ3n) is 2.33. The summed E-state index contributed by atoms with van der Waals surface area (Å²) in [5.74, 6) is -0.380. The number of nitriles is 1. The lowest BCUT2D eigenvalue weighted by molar-refractivity contribution is 0.518. The van der Waals surface area contributed by atoms with Crippen molar-refractivity contribution in [3.8, 4) is 6.07 Å². The number of hydrogen-bond donors (Lipinski definition) is 1. The Balaban J connectivity index is 2.30. The molecular weight excluding hydrogens is 181 g/mol. The van der Waals surface area contributed by atoms with Gasteiger partial charge in [0.15, 0.2) is 0 Å². The molecule has 1 aliphatic rings. The van der Waals surface area contributed by atoms with E-state index in [1.807, 2.05) is 11.0 Å². The van der Waals surface area contributed by atoms with Gasteiger partial charge in [-0.2, -0.15) is 5.26 Å². The number of hydrogen-bond acceptors (Lipinski definition) is 3. The van der Waals surface area contributed by atoms with Gasteiger partial charge in [-0.15, -0.1) is 0 Å². The average Bonchev–Trinajstić information content (AvgIpc) is 2.13. The normalized spacial score (nSPS) is 16.2. The summed E-state index contributed by atoms with van der Waals surface area (Å²) in [4.78, 5) is 1.97. The minimum absolute atomic E-state index is 0.173. The fourth-order valence-electron chi connectivity index (χ4n) is 1.58. The minimum atomic E-state index is -0.380. The molecule has 0 atom stereocenters. The first-order valence-electron chi connectivity index (χ1n) is 4.41. The topological polar surface area (TPSA) is 53.0 Å². The smallest absolute Gasteiger partial charge is 0.124 e. The molecule has 0 radical (unpaired) electrons. The number of nitrogens with two attached hydrogens (primary N) is 1. The van der Waals surface area contributed by atoms with E-state index >= 15 is 0 Å². The molecule has 2 rings (SSSR count). The summed E-state index contributed by atoms with van der Waals surface area (Å²) in [5.41, 5.74) is 6.77. The molecule has 0 aliphatic carbocycles. The average molecular weight is 191 g/mol. The largest absolute Gasteiger partial charge is 0.367 e. The molecular formula is C10H10FN3. The maximum absolute atomic E-state index is 12.8. The molecule has 0 unspecified atom stereocenters. The summed E-state index contributed by atoms with van der Waals surface area (Å²) in [7, 11) is 0. The highest BCUT2D eigenvalue weighted by Crippen LogP contribution is 2.24. The monoisotopic (exact) mass is 191 g/mol. The van der Waals surface area contributed by atoms with Gasteiger partial charge in [0.25, 0.3) is 0 Å². The van der Waals surface area contributed by atoms with Crippen LogP contribution in [-0.4, -0.2) is 19.1 Å². The van der Waals surface area contributed by atoms with Crippen LogP contribution in [0.25, 0.3) is 0 Å². The zero-order chi connectivity index (χ0) is 10.1. The summed E-state index contributed by atoms with van der Waals surface area (Å²) in [5, 5.41) is 8.80. The van der Waals surface area contributed by atoms with Gasteiger partial charge >= 0.3 is 0 Å². The molecule has 2 N–H and O–H groups in total. The number of benzene rings is 1. The Morgan fingerprint density at radius 1 is 1.50 bits per heavy atom. The molecule has 1 aliphatic heterocycles. The molecule has 0 spiro atoms. The van der Waals surface area contributed by atoms with Crippen molar-refractivity contribution in [2.75, 3.05) is 18.0 Å². The van der Waals surface area contributed by atoms with Crippen molar-refractivity contribution in [2.45, 2.75) is 6.04 Å². The number of nitrogens with zero attached hydrogens (tertiary/aromatic N) is 2. The Morgan fingerprint density at radius 2 is 2.21 bits per heavy atom. The van der Waals surface area contributed by atoms with Gasteiger partial charge in [0.05, 0.1) is 11.3 Å². The maximum Gasteiger partial charge on any atom is 0.124 e. The highest BCUT2D eigenvalue weighted by atomic mass is 19.1. The highest BCUT2D eigenvalue weighted by molar-refractivity contribution is 5.61. The highest BCUT2D eigenvalue weighted by Gasteiger charge is 2.25. The van der Waals surface area contributed by atoms with E-state index < -0.39 is 0 Å². The predicted octanol–water partition coefficient (Wildman–Crippen LogP) is 0.845. The Morgan fingerprint density at radius 3 is 2.79 bits per heavy atom. The van der Waals surface area contributed by atoms with Crippen LogP contribution in [-0.2, 0) is 0 Å². The maximum atomic E-state index is 12.8. The van der Waals surface area contributed by atoms with E-state index in [9.17, 15) is 4.39 Å². The lowest BCUT2D eigenvalue weighted by atomic mass is 10.1. The van der Waals surface area contributed by atoms with E-state index in [2.05, 4.69) is 0 Å². The Kier molecular flexibility index (Phi) is 2.10. The molecule has 4 heteroatoms. The van der Waals surface area contributed by atoms with E-state index in [1.165, 1.54) is 12.1 Å². The molecule has 0 aromatic heterocycles. The summed E-state index contributed by atoms with van der Waals surface area (Å²) in [6.45, 7) is 1.47. The van der Waals surface area contributed by atoms with Crippen molar-refractivity contribution in [3.05, 3.63) is 29.6 Å². The number of anilines is 1. The molecule has 1 aromatic rings. The van der Waals surface area contributed by atoms with E-state index in [1.54, 1.807) is 6.07 Å².